The highest BCUT2D eigenvalue weighted by Crippen LogP contribution is 2.55. The Morgan fingerprint density at radius 2 is 0.930 bits per heavy atom. The van der Waals surface area contributed by atoms with Gasteiger partial charge < -0.3 is 9.47 Å². The molecule has 11 heteroatoms. The molecule has 10 nitrogen and oxygen atoms in total. The molecular formula is C32H20N2O8S. The molecule has 0 heterocycles. The molecule has 0 aliphatic heterocycles. The number of Topliss-reactive ketones (excluding diaryl/α,β-unsaturated/α-hetero) is 2. The van der Waals surface area contributed by atoms with Crippen molar-refractivity contribution in [2.75, 3.05) is 14.2 Å². The zero-order chi connectivity index (χ0) is 30.4. The molecule has 4 aromatic carbocycles. The molecule has 4 aromatic rings. The van der Waals surface area contributed by atoms with Crippen LogP contribution in [0.2, 0.25) is 0 Å². The monoisotopic (exact) mass is 592 g/mol. The first kappa shape index (κ1) is 27.6. The fraction of sp³-hybridized carbons (Fsp3) is 0.0625. The third-order valence-electron chi connectivity index (χ3n) is 7.28. The van der Waals surface area contributed by atoms with Crippen LogP contribution < -0.4 is 9.47 Å². The number of methoxy groups -OCH3 is 2. The first-order valence-electron chi connectivity index (χ1n) is 12.8. The minimum Gasteiger partial charge on any atom is -0.497 e. The molecule has 2 aliphatic rings. The Labute approximate surface area is 248 Å². The molecule has 0 saturated carbocycles. The SMILES string of the molecule is COc1ccc(C2=C(SC3=C(c4ccc(OC)cc4)C(=O)c4ccc([N+](=O)[O-])cc43)c3cc([N+](=O)[O-])ccc3C2=O)cc1. The molecule has 0 fully saturated rings. The summed E-state index contributed by atoms with van der Waals surface area (Å²) in [6.45, 7) is 0. The molecule has 0 saturated heterocycles. The molecule has 0 amide bonds. The molecular weight excluding hydrogens is 572 g/mol. The number of nitrogens with zero attached hydrogens (tertiary/aromatic N) is 2. The largest absolute Gasteiger partial charge is 0.497 e. The molecule has 0 atom stereocenters. The Morgan fingerprint density at radius 3 is 1.26 bits per heavy atom. The van der Waals surface area contributed by atoms with Gasteiger partial charge in [-0.1, -0.05) is 36.0 Å². The third kappa shape index (κ3) is 4.65. The van der Waals surface area contributed by atoms with E-state index in [-0.39, 0.29) is 45.2 Å². The second-order valence-electron chi connectivity index (χ2n) is 9.60. The van der Waals surface area contributed by atoms with Crippen LogP contribution >= 0.6 is 11.8 Å². The maximum absolute atomic E-state index is 13.8. The van der Waals surface area contributed by atoms with Crippen molar-refractivity contribution in [2.24, 2.45) is 0 Å². The fourth-order valence-electron chi connectivity index (χ4n) is 5.16. The minimum absolute atomic E-state index is 0.205. The van der Waals surface area contributed by atoms with Crippen molar-refractivity contribution in [3.05, 3.63) is 139 Å². The number of nitro benzene ring substituents is 2. The third-order valence-corrected chi connectivity index (χ3v) is 8.53. The van der Waals surface area contributed by atoms with Crippen molar-refractivity contribution in [3.8, 4) is 11.5 Å². The lowest BCUT2D eigenvalue weighted by molar-refractivity contribution is -0.385. The maximum Gasteiger partial charge on any atom is 0.270 e. The summed E-state index contributed by atoms with van der Waals surface area (Å²) < 4.78 is 10.5. The highest BCUT2D eigenvalue weighted by molar-refractivity contribution is 8.17. The van der Waals surface area contributed by atoms with Gasteiger partial charge in [0.05, 0.1) is 24.1 Å². The predicted octanol–water partition coefficient (Wildman–Crippen LogP) is 7.08. The molecule has 6 rings (SSSR count). The van der Waals surface area contributed by atoms with E-state index >= 15 is 0 Å². The summed E-state index contributed by atoms with van der Waals surface area (Å²) in [5.74, 6) is 0.467. The molecule has 0 unspecified atom stereocenters. The molecule has 0 radical (unpaired) electrons. The number of rotatable bonds is 8. The molecule has 0 bridgehead atoms. The Hall–Kier alpha value is -5.55. The van der Waals surface area contributed by atoms with Crippen molar-refractivity contribution >= 4 is 55.7 Å². The molecule has 0 N–H and O–H groups in total. The maximum atomic E-state index is 13.8. The number of allylic oxidation sites excluding steroid dienone is 2. The van der Waals surface area contributed by atoms with Crippen LogP contribution in [0.25, 0.3) is 21.0 Å². The number of nitro groups is 2. The van der Waals surface area contributed by atoms with E-state index < -0.39 is 9.85 Å². The van der Waals surface area contributed by atoms with Gasteiger partial charge in [-0.15, -0.1) is 0 Å². The number of thioether (sulfide) groups is 1. The normalized spacial score (nSPS) is 13.7. The number of hydrogen-bond acceptors (Lipinski definition) is 9. The number of hydrogen-bond donors (Lipinski definition) is 0. The van der Waals surface area contributed by atoms with E-state index in [1.807, 2.05) is 0 Å². The predicted molar refractivity (Wildman–Crippen MR) is 162 cm³/mol. The van der Waals surface area contributed by atoms with Crippen molar-refractivity contribution in [1.29, 1.82) is 0 Å². The number of ketones is 2. The quantitative estimate of drug-likeness (QED) is 0.155. The Morgan fingerprint density at radius 1 is 0.558 bits per heavy atom. The van der Waals surface area contributed by atoms with Crippen LogP contribution in [0.15, 0.2) is 84.9 Å². The van der Waals surface area contributed by atoms with Gasteiger partial charge in [-0.3, -0.25) is 29.8 Å². The van der Waals surface area contributed by atoms with Gasteiger partial charge in [-0.05, 0) is 47.5 Å². The number of carbonyl (C=O) groups excluding carboxylic acids is 2. The molecule has 0 spiro atoms. The van der Waals surface area contributed by atoms with Crippen LogP contribution in [-0.2, 0) is 0 Å². The smallest absolute Gasteiger partial charge is 0.270 e. The average molecular weight is 593 g/mol. The van der Waals surface area contributed by atoms with E-state index in [2.05, 4.69) is 0 Å². The fourth-order valence-corrected chi connectivity index (χ4v) is 6.55. The minimum atomic E-state index is -0.543. The second-order valence-corrected chi connectivity index (χ2v) is 10.6. The van der Waals surface area contributed by atoms with Crippen molar-refractivity contribution in [1.82, 2.24) is 0 Å². The lowest BCUT2D eigenvalue weighted by Crippen LogP contribution is -1.99. The lowest BCUT2D eigenvalue weighted by atomic mass is 10.0. The van der Waals surface area contributed by atoms with Crippen LogP contribution in [0.4, 0.5) is 11.4 Å². The van der Waals surface area contributed by atoms with E-state index in [1.54, 1.807) is 48.5 Å². The van der Waals surface area contributed by atoms with Gasteiger partial charge in [0.15, 0.2) is 11.6 Å². The standard InChI is InChI=1S/C32H20N2O8S/c1-41-21-9-3-17(4-10-21)27-29(35)23-13-7-19(33(37)38)15-25(23)31(27)43-32-26-16-20(34(39)40)8-14-24(26)30(36)28(32)18-5-11-22(42-2)12-6-18/h3-16H,1-2H3. The van der Waals surface area contributed by atoms with E-state index in [9.17, 15) is 29.8 Å². The number of carbonyl (C=O) groups is 2. The van der Waals surface area contributed by atoms with Gasteiger partial charge in [0.2, 0.25) is 0 Å². The summed E-state index contributed by atoms with van der Waals surface area (Å²) in [6, 6.07) is 21.7. The highest BCUT2D eigenvalue weighted by atomic mass is 32.2. The zero-order valence-electron chi connectivity index (χ0n) is 22.7. The second kappa shape index (κ2) is 10.7. The lowest BCUT2D eigenvalue weighted by Gasteiger charge is -2.12. The molecule has 43 heavy (non-hydrogen) atoms. The Balaban J connectivity index is 1.62. The summed E-state index contributed by atoms with van der Waals surface area (Å²) >= 11 is 1.08. The first-order chi connectivity index (χ1) is 20.7. The summed E-state index contributed by atoms with van der Waals surface area (Å²) in [7, 11) is 3.04. The van der Waals surface area contributed by atoms with E-state index in [0.29, 0.717) is 43.6 Å². The summed E-state index contributed by atoms with van der Waals surface area (Å²) in [5.41, 5.74) is 2.47. The molecule has 2 aliphatic carbocycles. The van der Waals surface area contributed by atoms with E-state index in [0.717, 1.165) is 11.8 Å². The van der Waals surface area contributed by atoms with Gasteiger partial charge in [0.25, 0.3) is 11.4 Å². The zero-order valence-corrected chi connectivity index (χ0v) is 23.5. The van der Waals surface area contributed by atoms with Crippen molar-refractivity contribution < 1.29 is 28.9 Å². The van der Waals surface area contributed by atoms with Gasteiger partial charge in [0.1, 0.15) is 11.5 Å². The Kier molecular flexibility index (Phi) is 6.87. The van der Waals surface area contributed by atoms with Crippen LogP contribution in [0.1, 0.15) is 43.0 Å². The van der Waals surface area contributed by atoms with Crippen LogP contribution in [0, 0.1) is 20.2 Å². The van der Waals surface area contributed by atoms with Gasteiger partial charge in [-0.25, -0.2) is 0 Å². The van der Waals surface area contributed by atoms with Gasteiger partial charge in [-0.2, -0.15) is 0 Å². The van der Waals surface area contributed by atoms with Crippen LogP contribution in [-0.4, -0.2) is 35.6 Å². The Bertz CT molecular complexity index is 1800. The van der Waals surface area contributed by atoms with E-state index in [1.165, 1.54) is 50.6 Å². The molecule has 212 valence electrons. The first-order valence-corrected chi connectivity index (χ1v) is 13.7. The number of ether oxygens (including phenoxy) is 2. The van der Waals surface area contributed by atoms with Crippen molar-refractivity contribution in [3.63, 3.8) is 0 Å². The van der Waals surface area contributed by atoms with Crippen molar-refractivity contribution in [2.45, 2.75) is 0 Å². The van der Waals surface area contributed by atoms with Gasteiger partial charge in [0, 0.05) is 67.5 Å². The van der Waals surface area contributed by atoms with Gasteiger partial charge >= 0.3 is 0 Å². The number of non-ortho nitro benzene ring substituents is 2. The average Bonchev–Trinajstić information content (AvgIpc) is 3.46. The summed E-state index contributed by atoms with van der Waals surface area (Å²) in [5, 5.41) is 23.4. The number of benzene rings is 4. The van der Waals surface area contributed by atoms with E-state index in [4.69, 9.17) is 9.47 Å². The van der Waals surface area contributed by atoms with Crippen LogP contribution in [0.3, 0.4) is 0 Å². The summed E-state index contributed by atoms with van der Waals surface area (Å²) in [4.78, 5) is 50.8. The van der Waals surface area contributed by atoms with Crippen LogP contribution in [0.5, 0.6) is 11.5 Å². The summed E-state index contributed by atoms with van der Waals surface area (Å²) in [6.07, 6.45) is 0. The number of fused-ring (bicyclic) bond motifs is 2. The topological polar surface area (TPSA) is 139 Å². The molecule has 0 aromatic heterocycles. The highest BCUT2D eigenvalue weighted by Gasteiger charge is 2.38.